The Kier molecular flexibility index (Phi) is 8.59. The van der Waals surface area contributed by atoms with E-state index in [0.717, 1.165) is 40.2 Å². The molecule has 0 aliphatic heterocycles. The normalized spacial score (nSPS) is 10.7. The summed E-state index contributed by atoms with van der Waals surface area (Å²) in [6.07, 6.45) is 2.71. The van der Waals surface area contributed by atoms with E-state index < -0.39 is 0 Å². The Morgan fingerprint density at radius 1 is 1.10 bits per heavy atom. The largest absolute Gasteiger partial charge is 0.325 e. The van der Waals surface area contributed by atoms with Gasteiger partial charge in [-0.1, -0.05) is 73.3 Å². The molecular formula is C23H26N4OS2. The van der Waals surface area contributed by atoms with Crippen LogP contribution in [-0.2, 0) is 29.3 Å². The summed E-state index contributed by atoms with van der Waals surface area (Å²) in [5.41, 5.74) is 3.29. The number of aromatic nitrogens is 3. The summed E-state index contributed by atoms with van der Waals surface area (Å²) in [6.45, 7) is 6.54. The van der Waals surface area contributed by atoms with Crippen LogP contribution in [0.5, 0.6) is 0 Å². The number of rotatable bonds is 11. The van der Waals surface area contributed by atoms with Gasteiger partial charge in [0.2, 0.25) is 5.91 Å². The van der Waals surface area contributed by atoms with Crippen LogP contribution in [0.3, 0.4) is 0 Å². The van der Waals surface area contributed by atoms with E-state index in [2.05, 4.69) is 53.3 Å². The molecule has 1 amide bonds. The SMILES string of the molecule is C=CCn1c(CSCc2ccccc2)nnc1SCC(=O)Nc1ccccc1CC. The Morgan fingerprint density at radius 2 is 1.87 bits per heavy atom. The minimum absolute atomic E-state index is 0.0472. The summed E-state index contributed by atoms with van der Waals surface area (Å²) < 4.78 is 2.03. The number of allylic oxidation sites excluding steroid dienone is 1. The molecule has 0 unspecified atom stereocenters. The first-order valence-corrected chi connectivity index (χ1v) is 12.0. The monoisotopic (exact) mass is 438 g/mol. The van der Waals surface area contributed by atoms with E-state index in [1.807, 2.05) is 41.0 Å². The summed E-state index contributed by atoms with van der Waals surface area (Å²) in [4.78, 5) is 12.4. The molecule has 156 valence electrons. The van der Waals surface area contributed by atoms with Crippen LogP contribution in [0.1, 0.15) is 23.9 Å². The van der Waals surface area contributed by atoms with Crippen LogP contribution < -0.4 is 5.32 Å². The second-order valence-corrected chi connectivity index (χ2v) is 8.55. The van der Waals surface area contributed by atoms with E-state index in [0.29, 0.717) is 6.54 Å². The smallest absolute Gasteiger partial charge is 0.234 e. The Bertz CT molecular complexity index is 972. The highest BCUT2D eigenvalue weighted by molar-refractivity contribution is 7.99. The first-order chi connectivity index (χ1) is 14.7. The number of amides is 1. The van der Waals surface area contributed by atoms with Gasteiger partial charge in [0.05, 0.1) is 11.5 Å². The zero-order valence-corrected chi connectivity index (χ0v) is 18.7. The number of hydrogen-bond acceptors (Lipinski definition) is 5. The second-order valence-electron chi connectivity index (χ2n) is 6.62. The number of nitrogens with one attached hydrogen (secondary N) is 1. The summed E-state index contributed by atoms with van der Waals surface area (Å²) in [6, 6.07) is 18.3. The van der Waals surface area contributed by atoms with Crippen LogP contribution in [0, 0.1) is 0 Å². The maximum Gasteiger partial charge on any atom is 0.234 e. The minimum atomic E-state index is -0.0472. The molecule has 0 aliphatic carbocycles. The lowest BCUT2D eigenvalue weighted by Gasteiger charge is -2.10. The number of nitrogens with zero attached hydrogens (tertiary/aromatic N) is 3. The quantitative estimate of drug-likeness (QED) is 0.330. The third-order valence-electron chi connectivity index (χ3n) is 4.45. The maximum atomic E-state index is 12.4. The van der Waals surface area contributed by atoms with Gasteiger partial charge in [-0.15, -0.1) is 28.5 Å². The van der Waals surface area contributed by atoms with Gasteiger partial charge in [-0.3, -0.25) is 4.79 Å². The van der Waals surface area contributed by atoms with Gasteiger partial charge >= 0.3 is 0 Å². The van der Waals surface area contributed by atoms with Gasteiger partial charge < -0.3 is 9.88 Å². The van der Waals surface area contributed by atoms with Crippen LogP contribution >= 0.6 is 23.5 Å². The number of carbonyl (C=O) groups excluding carboxylic acids is 1. The Morgan fingerprint density at radius 3 is 2.63 bits per heavy atom. The van der Waals surface area contributed by atoms with Crippen LogP contribution in [0.15, 0.2) is 72.4 Å². The standard InChI is InChI=1S/C23H26N4OS2/c1-3-14-27-21(16-29-15-18-10-6-5-7-11-18)25-26-23(27)30-17-22(28)24-20-13-9-8-12-19(20)4-2/h3,5-13H,1,4,14-17H2,2H3,(H,24,28). The highest BCUT2D eigenvalue weighted by atomic mass is 32.2. The van der Waals surface area contributed by atoms with E-state index in [1.54, 1.807) is 11.8 Å². The van der Waals surface area contributed by atoms with Crippen molar-refractivity contribution in [1.29, 1.82) is 0 Å². The molecule has 1 aromatic heterocycles. The van der Waals surface area contributed by atoms with Crippen molar-refractivity contribution in [2.75, 3.05) is 11.1 Å². The van der Waals surface area contributed by atoms with Gasteiger partial charge in [0.15, 0.2) is 5.16 Å². The molecule has 0 spiro atoms. The van der Waals surface area contributed by atoms with Crippen molar-refractivity contribution in [1.82, 2.24) is 14.8 Å². The lowest BCUT2D eigenvalue weighted by Crippen LogP contribution is -2.16. The third-order valence-corrected chi connectivity index (χ3v) is 6.42. The highest BCUT2D eigenvalue weighted by Crippen LogP contribution is 2.23. The van der Waals surface area contributed by atoms with Crippen molar-refractivity contribution in [3.63, 3.8) is 0 Å². The van der Waals surface area contributed by atoms with Crippen molar-refractivity contribution >= 4 is 35.1 Å². The van der Waals surface area contributed by atoms with E-state index in [9.17, 15) is 4.79 Å². The number of aryl methyl sites for hydroxylation is 1. The van der Waals surface area contributed by atoms with Crippen LogP contribution in [0.2, 0.25) is 0 Å². The van der Waals surface area contributed by atoms with Gasteiger partial charge in [0.25, 0.3) is 0 Å². The Labute approximate surface area is 186 Å². The zero-order chi connectivity index (χ0) is 21.2. The number of thioether (sulfide) groups is 2. The van der Waals surface area contributed by atoms with Gasteiger partial charge in [-0.2, -0.15) is 0 Å². The molecule has 3 aromatic rings. The van der Waals surface area contributed by atoms with E-state index in [4.69, 9.17) is 0 Å². The average molecular weight is 439 g/mol. The number of anilines is 1. The van der Waals surface area contributed by atoms with Gasteiger partial charge in [0.1, 0.15) is 5.82 Å². The average Bonchev–Trinajstić information content (AvgIpc) is 3.15. The van der Waals surface area contributed by atoms with Crippen LogP contribution in [0.25, 0.3) is 0 Å². The molecule has 30 heavy (non-hydrogen) atoms. The molecule has 3 rings (SSSR count). The minimum Gasteiger partial charge on any atom is -0.325 e. The zero-order valence-electron chi connectivity index (χ0n) is 17.1. The number of para-hydroxylation sites is 1. The van der Waals surface area contributed by atoms with Gasteiger partial charge in [-0.05, 0) is 23.6 Å². The third kappa shape index (κ3) is 6.24. The van der Waals surface area contributed by atoms with Crippen molar-refractivity contribution in [2.45, 2.75) is 36.6 Å². The lowest BCUT2D eigenvalue weighted by molar-refractivity contribution is -0.113. The number of carbonyl (C=O) groups is 1. The molecule has 0 saturated heterocycles. The molecule has 0 atom stereocenters. The van der Waals surface area contributed by atoms with E-state index in [-0.39, 0.29) is 11.7 Å². The van der Waals surface area contributed by atoms with Crippen LogP contribution in [-0.4, -0.2) is 26.4 Å². The molecule has 0 aliphatic rings. The highest BCUT2D eigenvalue weighted by Gasteiger charge is 2.14. The lowest BCUT2D eigenvalue weighted by atomic mass is 10.1. The van der Waals surface area contributed by atoms with Crippen molar-refractivity contribution < 1.29 is 4.79 Å². The first-order valence-electron chi connectivity index (χ1n) is 9.86. The summed E-state index contributed by atoms with van der Waals surface area (Å²) in [5, 5.41) is 12.4. The fraction of sp³-hybridized carbons (Fsp3) is 0.261. The Balaban J connectivity index is 1.57. The predicted octanol–water partition coefficient (Wildman–Crippen LogP) is 5.19. The summed E-state index contributed by atoms with van der Waals surface area (Å²) in [7, 11) is 0. The molecule has 1 N–H and O–H groups in total. The number of benzene rings is 2. The number of hydrogen-bond donors (Lipinski definition) is 1. The van der Waals surface area contributed by atoms with Crippen LogP contribution in [0.4, 0.5) is 5.69 Å². The fourth-order valence-electron chi connectivity index (χ4n) is 2.95. The molecule has 0 fully saturated rings. The van der Waals surface area contributed by atoms with Crippen molar-refractivity contribution in [3.05, 3.63) is 84.2 Å². The molecule has 0 bridgehead atoms. The topological polar surface area (TPSA) is 59.8 Å². The molecule has 2 aromatic carbocycles. The molecule has 0 radical (unpaired) electrons. The first kappa shape index (κ1) is 22.2. The second kappa shape index (κ2) is 11.6. The van der Waals surface area contributed by atoms with Gasteiger partial charge in [-0.25, -0.2) is 0 Å². The molecule has 7 heteroatoms. The molecule has 5 nitrogen and oxygen atoms in total. The van der Waals surface area contributed by atoms with Gasteiger partial charge in [0, 0.05) is 18.0 Å². The summed E-state index contributed by atoms with van der Waals surface area (Å²) >= 11 is 3.20. The molecular weight excluding hydrogens is 412 g/mol. The van der Waals surface area contributed by atoms with Crippen molar-refractivity contribution in [2.24, 2.45) is 0 Å². The van der Waals surface area contributed by atoms with E-state index >= 15 is 0 Å². The summed E-state index contributed by atoms with van der Waals surface area (Å²) in [5.74, 6) is 2.81. The maximum absolute atomic E-state index is 12.4. The molecule has 1 heterocycles. The van der Waals surface area contributed by atoms with Crippen molar-refractivity contribution in [3.8, 4) is 0 Å². The fourth-order valence-corrected chi connectivity index (χ4v) is 4.64. The van der Waals surface area contributed by atoms with E-state index in [1.165, 1.54) is 17.3 Å². The predicted molar refractivity (Wildman–Crippen MR) is 127 cm³/mol. The molecule has 0 saturated carbocycles. The Hall–Kier alpha value is -2.51.